The van der Waals surface area contributed by atoms with Gasteiger partial charge in [0.25, 0.3) is 11.9 Å². The Morgan fingerprint density at radius 3 is 2.83 bits per heavy atom. The van der Waals surface area contributed by atoms with E-state index in [1.165, 1.54) is 11.9 Å². The van der Waals surface area contributed by atoms with Crippen LogP contribution in [0.4, 0.5) is 5.95 Å². The van der Waals surface area contributed by atoms with Crippen LogP contribution in [0.3, 0.4) is 0 Å². The van der Waals surface area contributed by atoms with Crippen LogP contribution in [0.15, 0.2) is 18.2 Å². The maximum atomic E-state index is 12.0. The number of para-hydroxylation sites is 1. The van der Waals surface area contributed by atoms with Gasteiger partial charge in [0.15, 0.2) is 0 Å². The molecule has 1 heterocycles. The molecule has 0 aliphatic rings. The smallest absolute Gasteiger partial charge is 0.270 e. The molecule has 7 heteroatoms. The highest BCUT2D eigenvalue weighted by molar-refractivity contribution is 6.05. The molecule has 1 amide bonds. The van der Waals surface area contributed by atoms with E-state index in [0.29, 0.717) is 11.3 Å². The summed E-state index contributed by atoms with van der Waals surface area (Å²) in [7, 11) is 3.15. The minimum Gasteiger partial charge on any atom is -0.496 e. The number of carbonyl (C=O) groups is 1. The summed E-state index contributed by atoms with van der Waals surface area (Å²) in [5, 5.41) is 13.8. The first-order valence-corrected chi connectivity index (χ1v) is 5.30. The number of nitrogens with zero attached hydrogens (tertiary/aromatic N) is 4. The van der Waals surface area contributed by atoms with Gasteiger partial charge in [-0.2, -0.15) is 4.80 Å². The van der Waals surface area contributed by atoms with Crippen LogP contribution in [0.5, 0.6) is 5.75 Å². The second kappa shape index (κ2) is 4.82. The third kappa shape index (κ3) is 2.29. The zero-order valence-corrected chi connectivity index (χ0v) is 10.3. The van der Waals surface area contributed by atoms with Crippen LogP contribution in [0, 0.1) is 6.92 Å². The van der Waals surface area contributed by atoms with Crippen LogP contribution in [0.1, 0.15) is 15.9 Å². The SMILES string of the molecule is COc1c(C)cccc1C(=O)Nc1nnn(C)n1. The molecule has 0 fully saturated rings. The van der Waals surface area contributed by atoms with Crippen molar-refractivity contribution in [1.82, 2.24) is 20.2 Å². The van der Waals surface area contributed by atoms with E-state index in [-0.39, 0.29) is 11.9 Å². The molecule has 0 saturated carbocycles. The highest BCUT2D eigenvalue weighted by Gasteiger charge is 2.15. The predicted octanol–water partition coefficient (Wildman–Crippen LogP) is 0.779. The summed E-state index contributed by atoms with van der Waals surface area (Å²) in [6.45, 7) is 1.87. The van der Waals surface area contributed by atoms with Crippen molar-refractivity contribution in [3.63, 3.8) is 0 Å². The second-order valence-corrected chi connectivity index (χ2v) is 3.71. The first kappa shape index (κ1) is 12.0. The van der Waals surface area contributed by atoms with E-state index in [0.717, 1.165) is 5.56 Å². The third-order valence-electron chi connectivity index (χ3n) is 2.39. The molecule has 0 aliphatic carbocycles. The molecule has 0 spiro atoms. The fourth-order valence-corrected chi connectivity index (χ4v) is 1.61. The Balaban J connectivity index is 2.26. The Labute approximate surface area is 104 Å². The average molecular weight is 247 g/mol. The number of aryl methyl sites for hydroxylation is 2. The molecule has 1 aromatic carbocycles. The number of hydrogen-bond acceptors (Lipinski definition) is 5. The van der Waals surface area contributed by atoms with E-state index in [2.05, 4.69) is 20.7 Å². The Morgan fingerprint density at radius 1 is 1.44 bits per heavy atom. The maximum Gasteiger partial charge on any atom is 0.270 e. The van der Waals surface area contributed by atoms with Crippen LogP contribution in [0.2, 0.25) is 0 Å². The molecule has 0 unspecified atom stereocenters. The van der Waals surface area contributed by atoms with Crippen LogP contribution in [-0.4, -0.2) is 33.2 Å². The van der Waals surface area contributed by atoms with Crippen molar-refractivity contribution in [2.24, 2.45) is 7.05 Å². The van der Waals surface area contributed by atoms with E-state index in [1.807, 2.05) is 13.0 Å². The third-order valence-corrected chi connectivity index (χ3v) is 2.39. The molecular weight excluding hydrogens is 234 g/mol. The number of methoxy groups -OCH3 is 1. The van der Waals surface area contributed by atoms with Gasteiger partial charge >= 0.3 is 0 Å². The Morgan fingerprint density at radius 2 is 2.22 bits per heavy atom. The van der Waals surface area contributed by atoms with Gasteiger partial charge < -0.3 is 4.74 Å². The number of rotatable bonds is 3. The summed E-state index contributed by atoms with van der Waals surface area (Å²) in [4.78, 5) is 13.3. The van der Waals surface area contributed by atoms with Gasteiger partial charge in [-0.15, -0.1) is 5.10 Å². The van der Waals surface area contributed by atoms with Crippen molar-refractivity contribution in [3.8, 4) is 5.75 Å². The van der Waals surface area contributed by atoms with Crippen molar-refractivity contribution in [3.05, 3.63) is 29.3 Å². The lowest BCUT2D eigenvalue weighted by molar-refractivity contribution is 0.102. The summed E-state index contributed by atoms with van der Waals surface area (Å²) in [6, 6.07) is 5.34. The van der Waals surface area contributed by atoms with Crippen LogP contribution in [-0.2, 0) is 7.05 Å². The molecule has 7 nitrogen and oxygen atoms in total. The lowest BCUT2D eigenvalue weighted by Gasteiger charge is -2.09. The fraction of sp³-hybridized carbons (Fsp3) is 0.273. The number of tetrazole rings is 1. The van der Waals surface area contributed by atoms with Crippen molar-refractivity contribution in [2.45, 2.75) is 6.92 Å². The Kier molecular flexibility index (Phi) is 3.22. The molecule has 18 heavy (non-hydrogen) atoms. The van der Waals surface area contributed by atoms with Crippen molar-refractivity contribution >= 4 is 11.9 Å². The first-order chi connectivity index (χ1) is 8.61. The summed E-state index contributed by atoms with van der Waals surface area (Å²) >= 11 is 0. The zero-order valence-electron chi connectivity index (χ0n) is 10.3. The lowest BCUT2D eigenvalue weighted by Crippen LogP contribution is -2.14. The summed E-state index contributed by atoms with van der Waals surface area (Å²) in [5.74, 6) is 0.369. The fourth-order valence-electron chi connectivity index (χ4n) is 1.61. The van der Waals surface area contributed by atoms with Crippen molar-refractivity contribution in [1.29, 1.82) is 0 Å². The van der Waals surface area contributed by atoms with Gasteiger partial charge in [0.05, 0.1) is 19.7 Å². The highest BCUT2D eigenvalue weighted by Crippen LogP contribution is 2.23. The molecule has 2 aromatic rings. The topological polar surface area (TPSA) is 81.9 Å². The number of carbonyl (C=O) groups excluding carboxylic acids is 1. The van der Waals surface area contributed by atoms with Gasteiger partial charge in [0, 0.05) is 0 Å². The molecule has 0 bridgehead atoms. The average Bonchev–Trinajstić information content (AvgIpc) is 2.74. The van der Waals surface area contributed by atoms with Gasteiger partial charge in [-0.1, -0.05) is 17.2 Å². The minimum absolute atomic E-state index is 0.158. The van der Waals surface area contributed by atoms with Gasteiger partial charge in [-0.25, -0.2) is 0 Å². The summed E-state index contributed by atoms with van der Waals surface area (Å²) in [6.07, 6.45) is 0. The van der Waals surface area contributed by atoms with E-state index in [4.69, 9.17) is 4.74 Å². The van der Waals surface area contributed by atoms with Gasteiger partial charge in [-0.05, 0) is 23.8 Å². The van der Waals surface area contributed by atoms with E-state index in [1.54, 1.807) is 19.2 Å². The molecule has 94 valence electrons. The van der Waals surface area contributed by atoms with E-state index < -0.39 is 0 Å². The number of aromatic nitrogens is 4. The molecule has 1 N–H and O–H groups in total. The normalized spacial score (nSPS) is 10.2. The summed E-state index contributed by atoms with van der Waals surface area (Å²) in [5.41, 5.74) is 1.32. The zero-order chi connectivity index (χ0) is 13.1. The molecule has 0 radical (unpaired) electrons. The number of ether oxygens (including phenoxy) is 1. The van der Waals surface area contributed by atoms with Crippen LogP contribution >= 0.6 is 0 Å². The van der Waals surface area contributed by atoms with E-state index >= 15 is 0 Å². The van der Waals surface area contributed by atoms with Crippen molar-refractivity contribution in [2.75, 3.05) is 12.4 Å². The standard InChI is InChI=1S/C11H13N5O2/c1-7-5-4-6-8(9(7)18-3)10(17)12-11-13-15-16(2)14-11/h4-6H,1-3H3,(H,12,14,17). The number of anilines is 1. The number of nitrogens with one attached hydrogen (secondary N) is 1. The largest absolute Gasteiger partial charge is 0.496 e. The van der Waals surface area contributed by atoms with Crippen LogP contribution in [0.25, 0.3) is 0 Å². The number of benzene rings is 1. The van der Waals surface area contributed by atoms with Gasteiger partial charge in [0.1, 0.15) is 5.75 Å². The van der Waals surface area contributed by atoms with Gasteiger partial charge in [-0.3, -0.25) is 10.1 Å². The first-order valence-electron chi connectivity index (χ1n) is 5.30. The Hall–Kier alpha value is -2.44. The quantitative estimate of drug-likeness (QED) is 0.866. The monoisotopic (exact) mass is 247 g/mol. The highest BCUT2D eigenvalue weighted by atomic mass is 16.5. The molecule has 1 aromatic heterocycles. The maximum absolute atomic E-state index is 12.0. The number of amides is 1. The van der Waals surface area contributed by atoms with Gasteiger partial charge in [0.2, 0.25) is 0 Å². The number of hydrogen-bond donors (Lipinski definition) is 1. The second-order valence-electron chi connectivity index (χ2n) is 3.71. The molecule has 2 rings (SSSR count). The lowest BCUT2D eigenvalue weighted by atomic mass is 10.1. The molecular formula is C11H13N5O2. The summed E-state index contributed by atoms with van der Waals surface area (Å²) < 4.78 is 5.22. The molecule has 0 saturated heterocycles. The van der Waals surface area contributed by atoms with E-state index in [9.17, 15) is 4.79 Å². The Bertz CT molecular complexity index is 579. The minimum atomic E-state index is -0.330. The van der Waals surface area contributed by atoms with Crippen molar-refractivity contribution < 1.29 is 9.53 Å². The molecule has 0 aliphatic heterocycles. The molecule has 0 atom stereocenters. The predicted molar refractivity (Wildman–Crippen MR) is 64.5 cm³/mol. The van der Waals surface area contributed by atoms with Crippen LogP contribution < -0.4 is 10.1 Å².